The number of aliphatic hydroxyl groups excluding tert-OH is 1. The Labute approximate surface area is 115 Å². The first-order chi connectivity index (χ1) is 9.81. The van der Waals surface area contributed by atoms with Crippen molar-refractivity contribution in [2.24, 2.45) is 0 Å². The SMILES string of the molecule is COc1ccc(-n2nccc2-n2ccc(CO)c2)cn1. The maximum atomic E-state index is 9.13. The zero-order chi connectivity index (χ0) is 13.9. The van der Waals surface area contributed by atoms with Gasteiger partial charge in [0.2, 0.25) is 5.88 Å². The van der Waals surface area contributed by atoms with Crippen LogP contribution in [0.25, 0.3) is 11.5 Å². The van der Waals surface area contributed by atoms with Gasteiger partial charge in [-0.2, -0.15) is 5.10 Å². The smallest absolute Gasteiger partial charge is 0.213 e. The van der Waals surface area contributed by atoms with E-state index in [0.717, 1.165) is 17.1 Å². The third-order valence-corrected chi connectivity index (χ3v) is 3.00. The fraction of sp³-hybridized carbons (Fsp3) is 0.143. The van der Waals surface area contributed by atoms with Crippen LogP contribution in [0, 0.1) is 0 Å². The van der Waals surface area contributed by atoms with Crippen molar-refractivity contribution >= 4 is 0 Å². The number of aromatic nitrogens is 4. The van der Waals surface area contributed by atoms with E-state index < -0.39 is 0 Å². The second-order valence-corrected chi connectivity index (χ2v) is 4.25. The normalized spacial score (nSPS) is 10.7. The van der Waals surface area contributed by atoms with Gasteiger partial charge in [-0.25, -0.2) is 9.67 Å². The maximum Gasteiger partial charge on any atom is 0.213 e. The van der Waals surface area contributed by atoms with Crippen LogP contribution < -0.4 is 4.74 Å². The van der Waals surface area contributed by atoms with Crippen molar-refractivity contribution in [3.8, 4) is 17.4 Å². The van der Waals surface area contributed by atoms with Gasteiger partial charge in [0.25, 0.3) is 0 Å². The fourth-order valence-electron chi connectivity index (χ4n) is 1.99. The highest BCUT2D eigenvalue weighted by atomic mass is 16.5. The zero-order valence-electron chi connectivity index (χ0n) is 11.0. The van der Waals surface area contributed by atoms with Gasteiger partial charge in [0.15, 0.2) is 0 Å². The minimum absolute atomic E-state index is 0.0191. The fourth-order valence-corrected chi connectivity index (χ4v) is 1.99. The minimum Gasteiger partial charge on any atom is -0.481 e. The molecule has 3 aromatic rings. The molecule has 0 fully saturated rings. The van der Waals surface area contributed by atoms with Gasteiger partial charge >= 0.3 is 0 Å². The Bertz CT molecular complexity index is 700. The van der Waals surface area contributed by atoms with Crippen molar-refractivity contribution in [1.29, 1.82) is 0 Å². The molecule has 0 saturated heterocycles. The molecule has 3 rings (SSSR count). The van der Waals surface area contributed by atoms with Crippen molar-refractivity contribution < 1.29 is 9.84 Å². The molecule has 20 heavy (non-hydrogen) atoms. The molecule has 3 heterocycles. The first kappa shape index (κ1) is 12.4. The summed E-state index contributed by atoms with van der Waals surface area (Å²) in [7, 11) is 1.58. The first-order valence-corrected chi connectivity index (χ1v) is 6.14. The monoisotopic (exact) mass is 270 g/mol. The number of rotatable bonds is 4. The van der Waals surface area contributed by atoms with Gasteiger partial charge in [-0.3, -0.25) is 0 Å². The molecule has 6 heteroatoms. The van der Waals surface area contributed by atoms with Gasteiger partial charge in [-0.15, -0.1) is 0 Å². The molecule has 0 aliphatic heterocycles. The molecule has 102 valence electrons. The average Bonchev–Trinajstić information content (AvgIpc) is 3.15. The number of nitrogens with zero attached hydrogens (tertiary/aromatic N) is 4. The number of methoxy groups -OCH3 is 1. The lowest BCUT2D eigenvalue weighted by molar-refractivity contribution is 0.282. The van der Waals surface area contributed by atoms with Gasteiger partial charge < -0.3 is 14.4 Å². The molecule has 0 spiro atoms. The Balaban J connectivity index is 2.00. The Hall–Kier alpha value is -2.60. The van der Waals surface area contributed by atoms with Crippen LogP contribution in [0.1, 0.15) is 5.56 Å². The van der Waals surface area contributed by atoms with E-state index in [1.165, 1.54) is 0 Å². The van der Waals surface area contributed by atoms with E-state index in [4.69, 9.17) is 9.84 Å². The van der Waals surface area contributed by atoms with Gasteiger partial charge in [0.1, 0.15) is 5.82 Å². The van der Waals surface area contributed by atoms with Gasteiger partial charge in [0, 0.05) is 24.5 Å². The van der Waals surface area contributed by atoms with E-state index in [1.54, 1.807) is 30.3 Å². The third kappa shape index (κ3) is 2.17. The summed E-state index contributed by atoms with van der Waals surface area (Å²) in [6.45, 7) is 0.0191. The Morgan fingerprint density at radius 2 is 2.15 bits per heavy atom. The van der Waals surface area contributed by atoms with Crippen LogP contribution in [0.15, 0.2) is 49.1 Å². The largest absolute Gasteiger partial charge is 0.481 e. The van der Waals surface area contributed by atoms with Gasteiger partial charge in [-0.1, -0.05) is 0 Å². The topological polar surface area (TPSA) is 65.1 Å². The van der Waals surface area contributed by atoms with E-state index in [-0.39, 0.29) is 6.61 Å². The molecule has 0 amide bonds. The standard InChI is InChI=1S/C14H14N4O2/c1-20-13-3-2-12(8-15-13)18-14(4-6-16-18)17-7-5-11(9-17)10-19/h2-9,19H,10H2,1H3. The van der Waals surface area contributed by atoms with Crippen LogP contribution in [0.4, 0.5) is 0 Å². The summed E-state index contributed by atoms with van der Waals surface area (Å²) in [6, 6.07) is 7.43. The van der Waals surface area contributed by atoms with E-state index in [1.807, 2.05) is 35.2 Å². The summed E-state index contributed by atoms with van der Waals surface area (Å²) < 4.78 is 8.72. The van der Waals surface area contributed by atoms with Crippen LogP contribution in [-0.4, -0.2) is 31.5 Å². The van der Waals surface area contributed by atoms with E-state index >= 15 is 0 Å². The molecular weight excluding hydrogens is 256 g/mol. The molecule has 0 unspecified atom stereocenters. The van der Waals surface area contributed by atoms with Crippen LogP contribution >= 0.6 is 0 Å². The molecule has 0 aromatic carbocycles. The lowest BCUT2D eigenvalue weighted by atomic mass is 10.4. The predicted molar refractivity (Wildman–Crippen MR) is 73.2 cm³/mol. The molecule has 6 nitrogen and oxygen atoms in total. The first-order valence-electron chi connectivity index (χ1n) is 6.14. The Morgan fingerprint density at radius 3 is 2.80 bits per heavy atom. The molecule has 1 N–H and O–H groups in total. The summed E-state index contributed by atoms with van der Waals surface area (Å²) in [5.41, 5.74) is 1.69. The second-order valence-electron chi connectivity index (χ2n) is 4.25. The number of pyridine rings is 1. The Morgan fingerprint density at radius 1 is 1.25 bits per heavy atom. The summed E-state index contributed by atoms with van der Waals surface area (Å²) in [4.78, 5) is 4.18. The molecule has 3 aromatic heterocycles. The van der Waals surface area contributed by atoms with Crippen LogP contribution in [0.5, 0.6) is 5.88 Å². The number of ether oxygens (including phenoxy) is 1. The van der Waals surface area contributed by atoms with E-state index in [9.17, 15) is 0 Å². The zero-order valence-corrected chi connectivity index (χ0v) is 11.0. The summed E-state index contributed by atoms with van der Waals surface area (Å²) in [5.74, 6) is 1.43. The number of hydrogen-bond acceptors (Lipinski definition) is 4. The van der Waals surface area contributed by atoms with E-state index in [0.29, 0.717) is 5.88 Å². The van der Waals surface area contributed by atoms with Crippen LogP contribution in [0.3, 0.4) is 0 Å². The highest BCUT2D eigenvalue weighted by molar-refractivity contribution is 5.38. The molecule has 0 aliphatic rings. The predicted octanol–water partition coefficient (Wildman–Crippen LogP) is 1.56. The molecule has 0 atom stereocenters. The quantitative estimate of drug-likeness (QED) is 0.781. The second kappa shape index (κ2) is 5.18. The third-order valence-electron chi connectivity index (χ3n) is 3.00. The minimum atomic E-state index is 0.0191. The molecule has 0 aliphatic carbocycles. The maximum absolute atomic E-state index is 9.13. The van der Waals surface area contributed by atoms with Crippen molar-refractivity contribution in [3.05, 3.63) is 54.6 Å². The van der Waals surface area contributed by atoms with Crippen LogP contribution in [-0.2, 0) is 6.61 Å². The molecule has 0 bridgehead atoms. The average molecular weight is 270 g/mol. The van der Waals surface area contributed by atoms with Crippen molar-refractivity contribution in [2.45, 2.75) is 6.61 Å². The summed E-state index contributed by atoms with van der Waals surface area (Å²) in [5, 5.41) is 13.4. The van der Waals surface area contributed by atoms with Crippen molar-refractivity contribution in [1.82, 2.24) is 19.3 Å². The van der Waals surface area contributed by atoms with Crippen molar-refractivity contribution in [3.63, 3.8) is 0 Å². The molecule has 0 saturated carbocycles. The van der Waals surface area contributed by atoms with Gasteiger partial charge in [-0.05, 0) is 17.7 Å². The summed E-state index contributed by atoms with van der Waals surface area (Å²) >= 11 is 0. The molecular formula is C14H14N4O2. The highest BCUT2D eigenvalue weighted by Crippen LogP contribution is 2.17. The highest BCUT2D eigenvalue weighted by Gasteiger charge is 2.08. The lowest BCUT2D eigenvalue weighted by Crippen LogP contribution is -2.04. The number of aliphatic hydroxyl groups is 1. The summed E-state index contributed by atoms with van der Waals surface area (Å²) in [6.07, 6.45) is 7.17. The van der Waals surface area contributed by atoms with Crippen molar-refractivity contribution in [2.75, 3.05) is 7.11 Å². The number of hydrogen-bond donors (Lipinski definition) is 1. The Kier molecular flexibility index (Phi) is 3.22. The molecule has 0 radical (unpaired) electrons. The van der Waals surface area contributed by atoms with Crippen LogP contribution in [0.2, 0.25) is 0 Å². The van der Waals surface area contributed by atoms with Gasteiger partial charge in [0.05, 0.1) is 31.8 Å². The van der Waals surface area contributed by atoms with E-state index in [2.05, 4.69) is 10.1 Å². The lowest BCUT2D eigenvalue weighted by Gasteiger charge is -2.08.